The molecule has 0 saturated heterocycles. The molecule has 0 unspecified atom stereocenters. The first-order valence-electron chi connectivity index (χ1n) is 7.36. The van der Waals surface area contributed by atoms with E-state index >= 15 is 0 Å². The molecule has 0 saturated carbocycles. The highest BCUT2D eigenvalue weighted by molar-refractivity contribution is 5.83. The normalized spacial score (nSPS) is 11.2. The Hall–Kier alpha value is -1.77. The summed E-state index contributed by atoms with van der Waals surface area (Å²) in [5.74, 6) is 0.516. The molecule has 2 aromatic rings. The van der Waals surface area contributed by atoms with Crippen LogP contribution in [0, 0.1) is 5.92 Å². The van der Waals surface area contributed by atoms with E-state index < -0.39 is 0 Å². The lowest BCUT2D eigenvalue weighted by Gasteiger charge is -2.21. The van der Waals surface area contributed by atoms with Gasteiger partial charge in [0, 0.05) is 36.3 Å². The minimum atomic E-state index is -0.259. The van der Waals surface area contributed by atoms with Crippen LogP contribution >= 0.6 is 0 Å². The second kappa shape index (κ2) is 6.12. The Kier molecular flexibility index (Phi) is 4.48. The number of benzene rings is 1. The Morgan fingerprint density at radius 1 is 1.15 bits per heavy atom. The lowest BCUT2D eigenvalue weighted by molar-refractivity contribution is 0.555. The fraction of sp³-hybridized carbons (Fsp3) is 0.471. The Labute approximate surface area is 120 Å². The number of hydrogen-bond acceptors (Lipinski definition) is 3. The van der Waals surface area contributed by atoms with Gasteiger partial charge in [-0.05, 0) is 43.9 Å². The molecule has 0 aliphatic rings. The van der Waals surface area contributed by atoms with Crippen LogP contribution in [0.4, 0.5) is 5.69 Å². The summed E-state index contributed by atoms with van der Waals surface area (Å²) in [7, 11) is 0. The van der Waals surface area contributed by atoms with Crippen molar-refractivity contribution in [2.24, 2.45) is 5.92 Å². The molecule has 108 valence electrons. The smallest absolute Gasteiger partial charge is 0.336 e. The van der Waals surface area contributed by atoms with Crippen molar-refractivity contribution in [1.29, 1.82) is 0 Å². The molecular weight excluding hydrogens is 250 g/mol. The second-order valence-electron chi connectivity index (χ2n) is 5.54. The van der Waals surface area contributed by atoms with Gasteiger partial charge in [0.15, 0.2) is 0 Å². The maximum absolute atomic E-state index is 11.7. The second-order valence-corrected chi connectivity index (χ2v) is 5.54. The third-order valence-electron chi connectivity index (χ3n) is 3.57. The zero-order chi connectivity index (χ0) is 14.7. The molecule has 0 bridgehead atoms. The summed E-state index contributed by atoms with van der Waals surface area (Å²) in [6.07, 6.45) is 0.896. The predicted octanol–water partition coefficient (Wildman–Crippen LogP) is 3.84. The van der Waals surface area contributed by atoms with E-state index in [0.29, 0.717) is 11.5 Å². The molecule has 0 spiro atoms. The summed E-state index contributed by atoms with van der Waals surface area (Å²) >= 11 is 0. The molecule has 0 aliphatic carbocycles. The maximum atomic E-state index is 11.7. The number of nitrogens with zero attached hydrogens (tertiary/aromatic N) is 1. The topological polar surface area (TPSA) is 33.5 Å². The van der Waals surface area contributed by atoms with Crippen molar-refractivity contribution in [3.63, 3.8) is 0 Å². The Morgan fingerprint density at radius 3 is 2.45 bits per heavy atom. The fourth-order valence-electron chi connectivity index (χ4n) is 2.61. The molecule has 0 aliphatic heterocycles. The molecule has 0 fully saturated rings. The summed E-state index contributed by atoms with van der Waals surface area (Å²) in [6, 6.07) is 7.79. The van der Waals surface area contributed by atoms with E-state index in [2.05, 4.69) is 44.7 Å². The quantitative estimate of drug-likeness (QED) is 0.776. The van der Waals surface area contributed by atoms with Crippen LogP contribution < -0.4 is 10.5 Å². The maximum Gasteiger partial charge on any atom is 0.336 e. The standard InChI is InChI=1S/C17H23NO2/c1-5-18(6-2)14-7-8-15-13(9-12(3)4)10-17(19)20-16(15)11-14/h7-8,10-12H,5-6,9H2,1-4H3. The van der Waals surface area contributed by atoms with Crippen LogP contribution in [0.3, 0.4) is 0 Å². The van der Waals surface area contributed by atoms with Gasteiger partial charge in [0.25, 0.3) is 0 Å². The fourth-order valence-corrected chi connectivity index (χ4v) is 2.61. The van der Waals surface area contributed by atoms with Gasteiger partial charge in [0.1, 0.15) is 5.58 Å². The third kappa shape index (κ3) is 3.03. The summed E-state index contributed by atoms with van der Waals surface area (Å²) in [5.41, 5.74) is 2.62. The van der Waals surface area contributed by atoms with Gasteiger partial charge in [-0.25, -0.2) is 4.79 Å². The van der Waals surface area contributed by atoms with Crippen LogP contribution in [0.1, 0.15) is 33.3 Å². The van der Waals surface area contributed by atoms with E-state index in [0.717, 1.165) is 36.1 Å². The third-order valence-corrected chi connectivity index (χ3v) is 3.57. The average molecular weight is 273 g/mol. The Morgan fingerprint density at radius 2 is 1.85 bits per heavy atom. The summed E-state index contributed by atoms with van der Waals surface area (Å²) in [4.78, 5) is 14.0. The molecule has 0 N–H and O–H groups in total. The van der Waals surface area contributed by atoms with Crippen molar-refractivity contribution in [3.8, 4) is 0 Å². The lowest BCUT2D eigenvalue weighted by Crippen LogP contribution is -2.21. The summed E-state index contributed by atoms with van der Waals surface area (Å²) in [6.45, 7) is 10.4. The van der Waals surface area contributed by atoms with Crippen LogP contribution in [0.5, 0.6) is 0 Å². The Bertz CT molecular complexity index is 639. The van der Waals surface area contributed by atoms with Gasteiger partial charge in [-0.15, -0.1) is 0 Å². The highest BCUT2D eigenvalue weighted by atomic mass is 16.4. The van der Waals surface area contributed by atoms with Gasteiger partial charge in [0.2, 0.25) is 0 Å². The van der Waals surface area contributed by atoms with Crippen molar-refractivity contribution in [1.82, 2.24) is 0 Å². The molecule has 1 aromatic carbocycles. The number of hydrogen-bond donors (Lipinski definition) is 0. The van der Waals surface area contributed by atoms with Crippen LogP contribution in [0.15, 0.2) is 33.5 Å². The minimum Gasteiger partial charge on any atom is -0.423 e. The van der Waals surface area contributed by atoms with Crippen LogP contribution in [0.2, 0.25) is 0 Å². The first-order chi connectivity index (χ1) is 9.55. The first-order valence-corrected chi connectivity index (χ1v) is 7.36. The predicted molar refractivity (Wildman–Crippen MR) is 84.6 cm³/mol. The monoisotopic (exact) mass is 273 g/mol. The molecule has 0 atom stereocenters. The molecule has 3 nitrogen and oxygen atoms in total. The number of fused-ring (bicyclic) bond motifs is 1. The average Bonchev–Trinajstić information content (AvgIpc) is 2.38. The largest absolute Gasteiger partial charge is 0.423 e. The van der Waals surface area contributed by atoms with Crippen molar-refractivity contribution in [2.75, 3.05) is 18.0 Å². The number of anilines is 1. The number of rotatable bonds is 5. The van der Waals surface area contributed by atoms with E-state index in [-0.39, 0.29) is 5.63 Å². The molecule has 2 rings (SSSR count). The SMILES string of the molecule is CCN(CC)c1ccc2c(CC(C)C)cc(=O)oc2c1. The van der Waals surface area contributed by atoms with E-state index in [1.54, 1.807) is 6.07 Å². The van der Waals surface area contributed by atoms with Crippen molar-refractivity contribution < 1.29 is 4.42 Å². The molecule has 20 heavy (non-hydrogen) atoms. The summed E-state index contributed by atoms with van der Waals surface area (Å²) < 4.78 is 5.38. The van der Waals surface area contributed by atoms with E-state index in [9.17, 15) is 4.79 Å². The molecule has 1 heterocycles. The van der Waals surface area contributed by atoms with Gasteiger partial charge in [0.05, 0.1) is 0 Å². The molecule has 1 aromatic heterocycles. The van der Waals surface area contributed by atoms with Gasteiger partial charge >= 0.3 is 5.63 Å². The van der Waals surface area contributed by atoms with Gasteiger partial charge in [-0.1, -0.05) is 13.8 Å². The van der Waals surface area contributed by atoms with Gasteiger partial charge < -0.3 is 9.32 Å². The molecule has 0 radical (unpaired) electrons. The molecular formula is C17H23NO2. The van der Waals surface area contributed by atoms with Gasteiger partial charge in [-0.3, -0.25) is 0 Å². The first kappa shape index (κ1) is 14.6. The van der Waals surface area contributed by atoms with Crippen molar-refractivity contribution in [2.45, 2.75) is 34.1 Å². The van der Waals surface area contributed by atoms with Crippen molar-refractivity contribution in [3.05, 3.63) is 40.2 Å². The minimum absolute atomic E-state index is 0.259. The van der Waals surface area contributed by atoms with Crippen molar-refractivity contribution >= 4 is 16.7 Å². The van der Waals surface area contributed by atoms with E-state index in [4.69, 9.17) is 4.42 Å². The highest BCUT2D eigenvalue weighted by Gasteiger charge is 2.10. The van der Waals surface area contributed by atoms with E-state index in [1.165, 1.54) is 0 Å². The zero-order valence-corrected chi connectivity index (χ0v) is 12.8. The van der Waals surface area contributed by atoms with Crippen LogP contribution in [-0.4, -0.2) is 13.1 Å². The zero-order valence-electron chi connectivity index (χ0n) is 12.8. The molecule has 0 amide bonds. The summed E-state index contributed by atoms with van der Waals surface area (Å²) in [5, 5.41) is 1.05. The van der Waals surface area contributed by atoms with Crippen LogP contribution in [0.25, 0.3) is 11.0 Å². The Balaban J connectivity index is 2.55. The van der Waals surface area contributed by atoms with E-state index in [1.807, 2.05) is 6.07 Å². The highest BCUT2D eigenvalue weighted by Crippen LogP contribution is 2.25. The van der Waals surface area contributed by atoms with Crippen LogP contribution in [-0.2, 0) is 6.42 Å². The lowest BCUT2D eigenvalue weighted by atomic mass is 10.00. The molecule has 3 heteroatoms. The van der Waals surface area contributed by atoms with Gasteiger partial charge in [-0.2, -0.15) is 0 Å².